The topological polar surface area (TPSA) is 33.7 Å². The van der Waals surface area contributed by atoms with Gasteiger partial charge in [-0.3, -0.25) is 0 Å². The van der Waals surface area contributed by atoms with Crippen LogP contribution in [0.5, 0.6) is 11.5 Å². The zero-order chi connectivity index (χ0) is 15.9. The van der Waals surface area contributed by atoms with Gasteiger partial charge in [-0.2, -0.15) is 0 Å². The van der Waals surface area contributed by atoms with Crippen LogP contribution in [0.2, 0.25) is 0 Å². The van der Waals surface area contributed by atoms with Crippen molar-refractivity contribution in [3.8, 4) is 11.5 Å². The van der Waals surface area contributed by atoms with Crippen LogP contribution >= 0.6 is 0 Å². The van der Waals surface area contributed by atoms with E-state index in [1.165, 1.54) is 0 Å². The van der Waals surface area contributed by atoms with E-state index < -0.39 is 6.37 Å². The molecule has 110 valence electrons. The Bertz CT molecular complexity index is 565. The summed E-state index contributed by atoms with van der Waals surface area (Å²) in [6.07, 6.45) is 0.714. The predicted molar refractivity (Wildman–Crippen MR) is 81.0 cm³/mol. The highest BCUT2D eigenvalue weighted by atomic mass is 16.5. The maximum absolute atomic E-state index is 8.72. The average molecular weight is 278 g/mol. The molecule has 0 aromatic heterocycles. The summed E-state index contributed by atoms with van der Waals surface area (Å²) in [4.78, 5) is 2.15. The standard InChI is InChI=1S/C16H24N2O2/c1-18-6-4-5-12(18)7-11-10-17-14-9-16(20-3)15(19-2)8-13(11)14/h8-9,11-12,17H,4-7,10H2,1-3H3/t11?,12-/m1/s1/i7D2. The van der Waals surface area contributed by atoms with Gasteiger partial charge >= 0.3 is 0 Å². The van der Waals surface area contributed by atoms with Crippen molar-refractivity contribution in [2.45, 2.75) is 31.2 Å². The van der Waals surface area contributed by atoms with Crippen LogP contribution < -0.4 is 14.8 Å². The molecule has 1 fully saturated rings. The minimum Gasteiger partial charge on any atom is -0.493 e. The van der Waals surface area contributed by atoms with Crippen LogP contribution in [0.4, 0.5) is 5.69 Å². The molecular weight excluding hydrogens is 252 g/mol. The van der Waals surface area contributed by atoms with E-state index in [1.807, 2.05) is 19.2 Å². The van der Waals surface area contributed by atoms with Gasteiger partial charge in [0.2, 0.25) is 0 Å². The Morgan fingerprint density at radius 3 is 2.75 bits per heavy atom. The van der Waals surface area contributed by atoms with E-state index in [2.05, 4.69) is 10.2 Å². The summed E-state index contributed by atoms with van der Waals surface area (Å²) in [5, 5.41) is 3.33. The monoisotopic (exact) mass is 278 g/mol. The first-order valence-corrected chi connectivity index (χ1v) is 7.19. The number of hydrogen-bond acceptors (Lipinski definition) is 4. The van der Waals surface area contributed by atoms with Crippen LogP contribution in [0.15, 0.2) is 12.1 Å². The summed E-state index contributed by atoms with van der Waals surface area (Å²) in [6, 6.07) is 3.80. The van der Waals surface area contributed by atoms with Crippen molar-refractivity contribution in [3.05, 3.63) is 17.7 Å². The summed E-state index contributed by atoms with van der Waals surface area (Å²) < 4.78 is 28.2. The van der Waals surface area contributed by atoms with Gasteiger partial charge in [-0.15, -0.1) is 0 Å². The second-order valence-corrected chi connectivity index (χ2v) is 5.53. The molecule has 1 aromatic rings. The predicted octanol–water partition coefficient (Wildman–Crippen LogP) is 2.70. The van der Waals surface area contributed by atoms with Crippen LogP contribution in [-0.2, 0) is 0 Å². The largest absolute Gasteiger partial charge is 0.493 e. The summed E-state index contributed by atoms with van der Waals surface area (Å²) in [7, 11) is 5.25. The number of hydrogen-bond donors (Lipinski definition) is 1. The first-order chi connectivity index (χ1) is 10.5. The van der Waals surface area contributed by atoms with Crippen molar-refractivity contribution in [3.63, 3.8) is 0 Å². The highest BCUT2D eigenvalue weighted by Gasteiger charge is 2.30. The highest BCUT2D eigenvalue weighted by Crippen LogP contribution is 2.42. The first kappa shape index (κ1) is 11.3. The molecule has 2 heterocycles. The molecule has 0 saturated carbocycles. The molecule has 2 atom stereocenters. The summed E-state index contributed by atoms with van der Waals surface area (Å²) in [5.41, 5.74) is 1.94. The Kier molecular flexibility index (Phi) is 3.11. The van der Waals surface area contributed by atoms with Crippen LogP contribution in [0.3, 0.4) is 0 Å². The third-order valence-corrected chi connectivity index (χ3v) is 4.34. The minimum absolute atomic E-state index is 0.0293. The van der Waals surface area contributed by atoms with Gasteiger partial charge in [-0.05, 0) is 44.4 Å². The summed E-state index contributed by atoms with van der Waals surface area (Å²) in [5.74, 6) is 1.16. The summed E-state index contributed by atoms with van der Waals surface area (Å²) >= 11 is 0. The Morgan fingerprint density at radius 2 is 2.10 bits per heavy atom. The van der Waals surface area contributed by atoms with Crippen LogP contribution in [0.1, 0.15) is 33.4 Å². The Balaban J connectivity index is 1.96. The van der Waals surface area contributed by atoms with Gasteiger partial charge in [0.25, 0.3) is 0 Å². The van der Waals surface area contributed by atoms with Crippen LogP contribution in [-0.4, -0.2) is 45.3 Å². The van der Waals surface area contributed by atoms with Gasteiger partial charge in [0, 0.05) is 33.0 Å². The van der Waals surface area contributed by atoms with Crippen LogP contribution in [0.25, 0.3) is 0 Å². The molecule has 3 rings (SSSR count). The van der Waals surface area contributed by atoms with Gasteiger partial charge < -0.3 is 19.7 Å². The molecule has 2 aliphatic rings. The van der Waals surface area contributed by atoms with E-state index in [1.54, 1.807) is 14.2 Å². The Morgan fingerprint density at radius 1 is 1.35 bits per heavy atom. The van der Waals surface area contributed by atoms with Crippen molar-refractivity contribution in [1.29, 1.82) is 0 Å². The van der Waals surface area contributed by atoms with Gasteiger partial charge in [-0.1, -0.05) is 0 Å². The van der Waals surface area contributed by atoms with Crippen molar-refractivity contribution in [2.75, 3.05) is 39.7 Å². The molecule has 20 heavy (non-hydrogen) atoms. The molecular formula is C16H24N2O2. The normalized spacial score (nSPS) is 27.6. The van der Waals surface area contributed by atoms with E-state index in [-0.39, 0.29) is 12.0 Å². The van der Waals surface area contributed by atoms with E-state index in [0.29, 0.717) is 18.0 Å². The molecule has 4 heteroatoms. The van der Waals surface area contributed by atoms with Crippen molar-refractivity contribution in [1.82, 2.24) is 4.90 Å². The molecule has 2 aliphatic heterocycles. The third-order valence-electron chi connectivity index (χ3n) is 4.34. The van der Waals surface area contributed by atoms with E-state index in [9.17, 15) is 0 Å². The number of methoxy groups -OCH3 is 2. The molecule has 0 bridgehead atoms. The highest BCUT2D eigenvalue weighted by molar-refractivity contribution is 5.65. The molecule has 0 aliphatic carbocycles. The van der Waals surface area contributed by atoms with Gasteiger partial charge in [0.05, 0.1) is 14.2 Å². The Hall–Kier alpha value is -1.42. The zero-order valence-corrected chi connectivity index (χ0v) is 12.4. The molecule has 1 N–H and O–H groups in total. The number of nitrogens with one attached hydrogen (secondary N) is 1. The van der Waals surface area contributed by atoms with E-state index >= 15 is 0 Å². The second kappa shape index (κ2) is 5.52. The van der Waals surface area contributed by atoms with Crippen molar-refractivity contribution < 1.29 is 12.2 Å². The second-order valence-electron chi connectivity index (χ2n) is 5.53. The molecule has 0 spiro atoms. The Labute approximate surface area is 123 Å². The van der Waals surface area contributed by atoms with Gasteiger partial charge in [0.1, 0.15) is 0 Å². The number of benzene rings is 1. The summed E-state index contributed by atoms with van der Waals surface area (Å²) in [6.45, 7) is 1.59. The smallest absolute Gasteiger partial charge is 0.162 e. The number of fused-ring (bicyclic) bond motifs is 1. The van der Waals surface area contributed by atoms with Gasteiger partial charge in [0.15, 0.2) is 11.5 Å². The first-order valence-electron chi connectivity index (χ1n) is 8.19. The lowest BCUT2D eigenvalue weighted by Gasteiger charge is -2.23. The number of anilines is 1. The van der Waals surface area contributed by atoms with E-state index in [4.69, 9.17) is 12.2 Å². The van der Waals surface area contributed by atoms with Crippen molar-refractivity contribution in [2.24, 2.45) is 0 Å². The number of nitrogens with zero attached hydrogens (tertiary/aromatic N) is 1. The fraction of sp³-hybridized carbons (Fsp3) is 0.625. The fourth-order valence-corrected chi connectivity index (χ4v) is 3.16. The quantitative estimate of drug-likeness (QED) is 0.918. The maximum Gasteiger partial charge on any atom is 0.162 e. The molecule has 0 radical (unpaired) electrons. The molecule has 0 amide bonds. The zero-order valence-electron chi connectivity index (χ0n) is 14.4. The average Bonchev–Trinajstić information content (AvgIpc) is 3.11. The molecule has 4 nitrogen and oxygen atoms in total. The lowest BCUT2D eigenvalue weighted by atomic mass is 9.92. The SMILES string of the molecule is [2H]C([2H])(C1CNc2cc(OC)c(OC)cc21)[C@H]1CCCN1C. The molecule has 1 unspecified atom stereocenters. The molecule has 1 saturated heterocycles. The molecule has 1 aromatic carbocycles. The lowest BCUT2D eigenvalue weighted by Crippen LogP contribution is -2.27. The number of rotatable bonds is 4. The fourth-order valence-electron chi connectivity index (χ4n) is 3.16. The lowest BCUT2D eigenvalue weighted by molar-refractivity contribution is 0.285. The van der Waals surface area contributed by atoms with Crippen LogP contribution in [0, 0.1) is 0 Å². The minimum atomic E-state index is -1.27. The number of ether oxygens (including phenoxy) is 2. The van der Waals surface area contributed by atoms with Gasteiger partial charge in [-0.25, -0.2) is 0 Å². The number of likely N-dealkylation sites (tertiary alicyclic amines) is 1. The van der Waals surface area contributed by atoms with E-state index in [0.717, 1.165) is 30.6 Å². The van der Waals surface area contributed by atoms with Crippen molar-refractivity contribution >= 4 is 5.69 Å². The third kappa shape index (κ3) is 2.33. The maximum atomic E-state index is 8.72.